The van der Waals surface area contributed by atoms with Gasteiger partial charge in [0.1, 0.15) is 10.8 Å². The summed E-state index contributed by atoms with van der Waals surface area (Å²) in [4.78, 5) is 18.7. The summed E-state index contributed by atoms with van der Waals surface area (Å²) >= 11 is 11.8. The number of rotatable bonds is 5. The van der Waals surface area contributed by atoms with E-state index in [-0.39, 0.29) is 16.8 Å². The molecule has 1 aromatic rings. The molecule has 116 valence electrons. The van der Waals surface area contributed by atoms with Gasteiger partial charge in [-0.3, -0.25) is 9.69 Å². The summed E-state index contributed by atoms with van der Waals surface area (Å²) < 4.78 is 0. The fourth-order valence-electron chi connectivity index (χ4n) is 2.72. The summed E-state index contributed by atoms with van der Waals surface area (Å²) in [7, 11) is 0. The van der Waals surface area contributed by atoms with Crippen LogP contribution in [0.15, 0.2) is 12.1 Å². The number of aromatic nitrogens is 1. The topological polar surface area (TPSA) is 45.2 Å². The highest BCUT2D eigenvalue weighted by molar-refractivity contribution is 6.34. The van der Waals surface area contributed by atoms with Gasteiger partial charge in [0.05, 0.1) is 5.02 Å². The lowest BCUT2D eigenvalue weighted by atomic mass is 10.0. The summed E-state index contributed by atoms with van der Waals surface area (Å²) in [5.41, 5.74) is 0.188. The van der Waals surface area contributed by atoms with Crippen molar-refractivity contribution < 1.29 is 4.79 Å². The number of nitrogens with one attached hydrogen (secondary N) is 1. The van der Waals surface area contributed by atoms with Crippen molar-refractivity contribution >= 4 is 29.1 Å². The Morgan fingerprint density at radius 2 is 2.00 bits per heavy atom. The van der Waals surface area contributed by atoms with Gasteiger partial charge in [0, 0.05) is 12.6 Å². The van der Waals surface area contributed by atoms with Gasteiger partial charge in [0.2, 0.25) is 0 Å². The smallest absolute Gasteiger partial charge is 0.271 e. The van der Waals surface area contributed by atoms with Gasteiger partial charge in [0.15, 0.2) is 0 Å². The maximum atomic E-state index is 12.2. The van der Waals surface area contributed by atoms with Crippen molar-refractivity contribution in [2.45, 2.75) is 32.7 Å². The van der Waals surface area contributed by atoms with Crippen LogP contribution in [0.3, 0.4) is 0 Å². The van der Waals surface area contributed by atoms with Gasteiger partial charge in [-0.25, -0.2) is 4.98 Å². The molecule has 1 amide bonds. The van der Waals surface area contributed by atoms with E-state index in [9.17, 15) is 4.79 Å². The molecule has 1 saturated heterocycles. The van der Waals surface area contributed by atoms with Gasteiger partial charge < -0.3 is 5.32 Å². The fraction of sp³-hybridized carbons (Fsp3) is 0.600. The second-order valence-corrected chi connectivity index (χ2v) is 6.52. The Kier molecular flexibility index (Phi) is 5.85. The van der Waals surface area contributed by atoms with Gasteiger partial charge in [-0.2, -0.15) is 0 Å². The van der Waals surface area contributed by atoms with Crippen LogP contribution in [0.25, 0.3) is 0 Å². The normalized spacial score (nSPS) is 17.2. The summed E-state index contributed by atoms with van der Waals surface area (Å²) in [6.07, 6.45) is 2.47. The molecule has 1 aliphatic rings. The molecular weight excluding hydrogens is 309 g/mol. The third-order valence-corrected chi connectivity index (χ3v) is 4.39. The number of likely N-dealkylation sites (tertiary alicyclic amines) is 1. The number of nitrogens with zero attached hydrogens (tertiary/aromatic N) is 2. The number of hydrogen-bond donors (Lipinski definition) is 1. The summed E-state index contributed by atoms with van der Waals surface area (Å²) in [5, 5.41) is 3.53. The first-order valence-corrected chi connectivity index (χ1v) is 8.09. The van der Waals surface area contributed by atoms with E-state index in [2.05, 4.69) is 29.0 Å². The Hall–Kier alpha value is -0.840. The third kappa shape index (κ3) is 4.31. The minimum absolute atomic E-state index is 0.188. The minimum atomic E-state index is -0.271. The number of hydrogen-bond acceptors (Lipinski definition) is 3. The Balaban J connectivity index is 1.99. The number of halogens is 2. The van der Waals surface area contributed by atoms with Gasteiger partial charge in [-0.1, -0.05) is 37.0 Å². The van der Waals surface area contributed by atoms with Crippen LogP contribution in [0.4, 0.5) is 0 Å². The van der Waals surface area contributed by atoms with Crippen LogP contribution in [0.2, 0.25) is 10.2 Å². The van der Waals surface area contributed by atoms with Crippen molar-refractivity contribution in [1.29, 1.82) is 0 Å². The van der Waals surface area contributed by atoms with Gasteiger partial charge >= 0.3 is 0 Å². The quantitative estimate of drug-likeness (QED) is 0.843. The number of carbonyl (C=O) groups is 1. The van der Waals surface area contributed by atoms with Crippen LogP contribution in [-0.4, -0.2) is 41.5 Å². The van der Waals surface area contributed by atoms with Crippen molar-refractivity contribution in [1.82, 2.24) is 15.2 Å². The fourth-order valence-corrected chi connectivity index (χ4v) is 3.06. The zero-order chi connectivity index (χ0) is 15.4. The standard InChI is InChI=1S/C15H21Cl2N3O/c1-10(2)12(20-7-3-4-8-20)9-18-15(21)14-11(16)5-6-13(17)19-14/h5-6,10,12H,3-4,7-9H2,1-2H3,(H,18,21). The van der Waals surface area contributed by atoms with E-state index in [0.717, 1.165) is 13.1 Å². The van der Waals surface area contributed by atoms with Gasteiger partial charge in [0.25, 0.3) is 5.91 Å². The maximum absolute atomic E-state index is 12.2. The van der Waals surface area contributed by atoms with Crippen molar-refractivity contribution in [2.24, 2.45) is 5.92 Å². The molecule has 0 aliphatic carbocycles. The Labute approximate surface area is 135 Å². The van der Waals surface area contributed by atoms with Crippen LogP contribution in [-0.2, 0) is 0 Å². The Bertz CT molecular complexity index is 502. The molecule has 21 heavy (non-hydrogen) atoms. The van der Waals surface area contributed by atoms with E-state index in [4.69, 9.17) is 23.2 Å². The molecule has 2 rings (SSSR count). The summed E-state index contributed by atoms with van der Waals surface area (Å²) in [6, 6.07) is 3.50. The van der Waals surface area contributed by atoms with Crippen molar-refractivity contribution in [3.63, 3.8) is 0 Å². The molecule has 0 saturated carbocycles. The highest BCUT2D eigenvalue weighted by Crippen LogP contribution is 2.19. The second kappa shape index (κ2) is 7.43. The zero-order valence-corrected chi connectivity index (χ0v) is 13.9. The Morgan fingerprint density at radius 1 is 1.33 bits per heavy atom. The van der Waals surface area contributed by atoms with E-state index in [1.807, 2.05) is 0 Å². The first-order valence-electron chi connectivity index (χ1n) is 7.33. The average Bonchev–Trinajstić information content (AvgIpc) is 2.95. The molecule has 0 bridgehead atoms. The van der Waals surface area contributed by atoms with Crippen molar-refractivity contribution in [3.8, 4) is 0 Å². The van der Waals surface area contributed by atoms with E-state index in [0.29, 0.717) is 23.5 Å². The maximum Gasteiger partial charge on any atom is 0.271 e. The molecule has 2 heterocycles. The van der Waals surface area contributed by atoms with E-state index in [1.165, 1.54) is 12.8 Å². The van der Waals surface area contributed by atoms with E-state index < -0.39 is 0 Å². The third-order valence-electron chi connectivity index (χ3n) is 3.88. The summed E-state index contributed by atoms with van der Waals surface area (Å²) in [5.74, 6) is 0.207. The molecule has 0 radical (unpaired) electrons. The average molecular weight is 330 g/mol. The molecule has 0 aromatic carbocycles. The SMILES string of the molecule is CC(C)C(CNC(=O)c1nc(Cl)ccc1Cl)N1CCCC1. The predicted octanol–water partition coefficient (Wildman–Crippen LogP) is 3.24. The van der Waals surface area contributed by atoms with Crippen LogP contribution >= 0.6 is 23.2 Å². The lowest BCUT2D eigenvalue weighted by Crippen LogP contribution is -2.45. The van der Waals surface area contributed by atoms with Gasteiger partial charge in [-0.05, 0) is 44.0 Å². The van der Waals surface area contributed by atoms with E-state index >= 15 is 0 Å². The van der Waals surface area contributed by atoms with Crippen molar-refractivity contribution in [3.05, 3.63) is 28.0 Å². The summed E-state index contributed by atoms with van der Waals surface area (Å²) in [6.45, 7) is 7.17. The molecule has 1 N–H and O–H groups in total. The molecule has 1 unspecified atom stereocenters. The second-order valence-electron chi connectivity index (χ2n) is 5.73. The van der Waals surface area contributed by atoms with Crippen LogP contribution in [0, 0.1) is 5.92 Å². The van der Waals surface area contributed by atoms with Crippen molar-refractivity contribution in [2.75, 3.05) is 19.6 Å². The minimum Gasteiger partial charge on any atom is -0.349 e. The lowest BCUT2D eigenvalue weighted by Gasteiger charge is -2.30. The molecule has 1 atom stereocenters. The molecule has 1 fully saturated rings. The molecular formula is C15H21Cl2N3O. The molecule has 1 aromatic heterocycles. The van der Waals surface area contributed by atoms with Crippen LogP contribution < -0.4 is 5.32 Å². The molecule has 0 spiro atoms. The predicted molar refractivity (Wildman–Crippen MR) is 86.0 cm³/mol. The van der Waals surface area contributed by atoms with Crippen LogP contribution in [0.1, 0.15) is 37.2 Å². The lowest BCUT2D eigenvalue weighted by molar-refractivity contribution is 0.0922. The largest absolute Gasteiger partial charge is 0.349 e. The highest BCUT2D eigenvalue weighted by Gasteiger charge is 2.25. The molecule has 6 heteroatoms. The Morgan fingerprint density at radius 3 is 2.62 bits per heavy atom. The zero-order valence-electron chi connectivity index (χ0n) is 12.4. The number of carbonyl (C=O) groups excluding carboxylic acids is 1. The first kappa shape index (κ1) is 16.5. The number of pyridine rings is 1. The van der Waals surface area contributed by atoms with Gasteiger partial charge in [-0.15, -0.1) is 0 Å². The molecule has 1 aliphatic heterocycles. The monoisotopic (exact) mass is 329 g/mol. The highest BCUT2D eigenvalue weighted by atomic mass is 35.5. The van der Waals surface area contributed by atoms with E-state index in [1.54, 1.807) is 12.1 Å². The first-order chi connectivity index (χ1) is 9.99. The molecule has 4 nitrogen and oxygen atoms in total. The number of amides is 1. The van der Waals surface area contributed by atoms with Crippen LogP contribution in [0.5, 0.6) is 0 Å².